The number of hydrogen-bond acceptors (Lipinski definition) is 2. The molecule has 2 nitrogen and oxygen atoms in total. The van der Waals surface area contributed by atoms with Gasteiger partial charge < -0.3 is 0 Å². The maximum absolute atomic E-state index is 12.4. The number of benzene rings is 1. The lowest BCUT2D eigenvalue weighted by atomic mass is 10.1. The van der Waals surface area contributed by atoms with Crippen LogP contribution in [0.4, 0.5) is 0 Å². The molecule has 0 bridgehead atoms. The van der Waals surface area contributed by atoms with Gasteiger partial charge in [0.05, 0.1) is 11.6 Å². The predicted molar refractivity (Wildman–Crippen MR) is 82.7 cm³/mol. The van der Waals surface area contributed by atoms with Crippen molar-refractivity contribution in [2.24, 2.45) is 11.8 Å². The van der Waals surface area contributed by atoms with Crippen LogP contribution < -0.4 is 0 Å². The highest BCUT2D eigenvalue weighted by atomic mass is 35.5. The van der Waals surface area contributed by atoms with E-state index >= 15 is 0 Å². The molecule has 2 saturated carbocycles. The van der Waals surface area contributed by atoms with E-state index in [1.165, 1.54) is 25.7 Å². The number of carbonyl (C=O) groups excluding carboxylic acids is 1. The molecule has 0 heterocycles. The van der Waals surface area contributed by atoms with E-state index in [-0.39, 0.29) is 5.78 Å². The van der Waals surface area contributed by atoms with Crippen LogP contribution in [-0.4, -0.2) is 30.3 Å². The van der Waals surface area contributed by atoms with Crippen molar-refractivity contribution in [3.63, 3.8) is 0 Å². The second-order valence-electron chi connectivity index (χ2n) is 6.13. The molecule has 2 aliphatic rings. The summed E-state index contributed by atoms with van der Waals surface area (Å²) in [4.78, 5) is 14.8. The minimum absolute atomic E-state index is 0.0822. The zero-order chi connectivity index (χ0) is 14.1. The van der Waals surface area contributed by atoms with E-state index in [9.17, 15) is 4.79 Å². The molecule has 3 rings (SSSR count). The molecule has 108 valence electrons. The molecule has 20 heavy (non-hydrogen) atoms. The Balaban J connectivity index is 1.66. The van der Waals surface area contributed by atoms with Gasteiger partial charge in [0.1, 0.15) is 0 Å². The van der Waals surface area contributed by atoms with Crippen LogP contribution in [-0.2, 0) is 0 Å². The van der Waals surface area contributed by atoms with Gasteiger partial charge in [0.15, 0.2) is 5.78 Å². The smallest absolute Gasteiger partial charge is 0.178 e. The van der Waals surface area contributed by atoms with Crippen molar-refractivity contribution >= 4 is 29.0 Å². The van der Waals surface area contributed by atoms with Crippen molar-refractivity contribution in [2.75, 3.05) is 19.6 Å². The van der Waals surface area contributed by atoms with Gasteiger partial charge in [-0.2, -0.15) is 0 Å². The molecule has 4 heteroatoms. The summed E-state index contributed by atoms with van der Waals surface area (Å²) in [6, 6.07) is 5.09. The maximum Gasteiger partial charge on any atom is 0.178 e. The van der Waals surface area contributed by atoms with Crippen LogP contribution in [0.3, 0.4) is 0 Å². The maximum atomic E-state index is 12.4. The molecule has 1 aromatic carbocycles. The molecule has 0 aliphatic heterocycles. The van der Waals surface area contributed by atoms with Crippen LogP contribution >= 0.6 is 23.2 Å². The molecule has 0 N–H and O–H groups in total. The molecule has 0 atom stereocenters. The molecule has 1 aromatic rings. The van der Waals surface area contributed by atoms with Crippen LogP contribution in [0.15, 0.2) is 18.2 Å². The molecule has 0 saturated heterocycles. The highest BCUT2D eigenvalue weighted by molar-refractivity contribution is 6.36. The summed E-state index contributed by atoms with van der Waals surface area (Å²) >= 11 is 12.1. The van der Waals surface area contributed by atoms with Crippen molar-refractivity contribution in [1.82, 2.24) is 4.90 Å². The van der Waals surface area contributed by atoms with Gasteiger partial charge in [0, 0.05) is 23.7 Å². The SMILES string of the molecule is O=C(CN(CC1CC1)CC1CC1)c1cc(Cl)ccc1Cl. The molecule has 0 aromatic heterocycles. The third-order valence-corrected chi connectivity index (χ3v) is 4.59. The van der Waals surface area contributed by atoms with Gasteiger partial charge >= 0.3 is 0 Å². The van der Waals surface area contributed by atoms with Crippen LogP contribution in [0.5, 0.6) is 0 Å². The quantitative estimate of drug-likeness (QED) is 0.700. The Morgan fingerprint density at radius 2 is 1.70 bits per heavy atom. The normalized spacial score (nSPS) is 18.6. The lowest BCUT2D eigenvalue weighted by Crippen LogP contribution is -2.33. The Morgan fingerprint density at radius 3 is 2.25 bits per heavy atom. The largest absolute Gasteiger partial charge is 0.295 e. The number of ketones is 1. The minimum atomic E-state index is 0.0822. The molecule has 0 spiro atoms. The van der Waals surface area contributed by atoms with Crippen LogP contribution in [0.2, 0.25) is 10.0 Å². The second-order valence-corrected chi connectivity index (χ2v) is 6.97. The molecule has 0 amide bonds. The van der Waals surface area contributed by atoms with Crippen LogP contribution in [0.1, 0.15) is 36.0 Å². The standard InChI is InChI=1S/C16H19Cl2NO/c17-13-5-6-15(18)14(7-13)16(20)10-19(8-11-1-2-11)9-12-3-4-12/h5-7,11-12H,1-4,8-10H2. The van der Waals surface area contributed by atoms with E-state index in [4.69, 9.17) is 23.2 Å². The van der Waals surface area contributed by atoms with Crippen LogP contribution in [0.25, 0.3) is 0 Å². The number of hydrogen-bond donors (Lipinski definition) is 0. The molecule has 2 aliphatic carbocycles. The fourth-order valence-corrected chi connectivity index (χ4v) is 2.93. The zero-order valence-electron chi connectivity index (χ0n) is 11.4. The van der Waals surface area contributed by atoms with E-state index in [0.29, 0.717) is 22.2 Å². The lowest BCUT2D eigenvalue weighted by molar-refractivity contribution is 0.0924. The Morgan fingerprint density at radius 1 is 1.10 bits per heavy atom. The van der Waals surface area contributed by atoms with E-state index in [2.05, 4.69) is 4.90 Å². The molecule has 0 unspecified atom stereocenters. The van der Waals surface area contributed by atoms with E-state index in [1.54, 1.807) is 18.2 Å². The van der Waals surface area contributed by atoms with Crippen molar-refractivity contribution in [2.45, 2.75) is 25.7 Å². The summed E-state index contributed by atoms with van der Waals surface area (Å²) in [5.74, 6) is 1.69. The van der Waals surface area contributed by atoms with Crippen molar-refractivity contribution in [3.05, 3.63) is 33.8 Å². The number of nitrogens with zero attached hydrogens (tertiary/aromatic N) is 1. The average Bonchev–Trinajstić information content (AvgIpc) is 3.28. The van der Waals surface area contributed by atoms with Gasteiger partial charge in [-0.1, -0.05) is 23.2 Å². The molecular formula is C16H19Cl2NO. The zero-order valence-corrected chi connectivity index (χ0v) is 13.0. The molecule has 2 fully saturated rings. The first-order valence-corrected chi connectivity index (χ1v) is 8.08. The highest BCUT2D eigenvalue weighted by Gasteiger charge is 2.30. The Labute approximate surface area is 130 Å². The minimum Gasteiger partial charge on any atom is -0.295 e. The summed E-state index contributed by atoms with van der Waals surface area (Å²) in [5, 5.41) is 1.06. The molecule has 0 radical (unpaired) electrons. The molecular weight excluding hydrogens is 293 g/mol. The number of halogens is 2. The average molecular weight is 312 g/mol. The fraction of sp³-hybridized carbons (Fsp3) is 0.562. The summed E-state index contributed by atoms with van der Waals surface area (Å²) in [5.41, 5.74) is 0.552. The van der Waals surface area contributed by atoms with E-state index < -0.39 is 0 Å². The Bertz CT molecular complexity index is 495. The van der Waals surface area contributed by atoms with Gasteiger partial charge in [-0.3, -0.25) is 9.69 Å². The van der Waals surface area contributed by atoms with Crippen molar-refractivity contribution in [1.29, 1.82) is 0 Å². The number of rotatable bonds is 7. The van der Waals surface area contributed by atoms with Gasteiger partial charge in [0.2, 0.25) is 0 Å². The Kier molecular flexibility index (Phi) is 4.34. The van der Waals surface area contributed by atoms with E-state index in [1.807, 2.05) is 0 Å². The van der Waals surface area contributed by atoms with Gasteiger partial charge in [-0.15, -0.1) is 0 Å². The predicted octanol–water partition coefficient (Wildman–Crippen LogP) is 4.30. The number of Topliss-reactive ketones (excluding diaryl/α,β-unsaturated/α-hetero) is 1. The van der Waals surface area contributed by atoms with Gasteiger partial charge in [0.25, 0.3) is 0 Å². The third kappa shape index (κ3) is 3.97. The van der Waals surface area contributed by atoms with Crippen molar-refractivity contribution < 1.29 is 4.79 Å². The summed E-state index contributed by atoms with van der Waals surface area (Å²) in [6.45, 7) is 2.58. The highest BCUT2D eigenvalue weighted by Crippen LogP contribution is 2.34. The van der Waals surface area contributed by atoms with Crippen LogP contribution in [0, 0.1) is 11.8 Å². The third-order valence-electron chi connectivity index (χ3n) is 4.02. The monoisotopic (exact) mass is 311 g/mol. The second kappa shape index (κ2) is 6.05. The Hall–Kier alpha value is -0.570. The van der Waals surface area contributed by atoms with Gasteiger partial charge in [-0.05, 0) is 55.7 Å². The topological polar surface area (TPSA) is 20.3 Å². The summed E-state index contributed by atoms with van der Waals surface area (Å²) < 4.78 is 0. The first kappa shape index (κ1) is 14.4. The first-order valence-electron chi connectivity index (χ1n) is 7.32. The first-order chi connectivity index (χ1) is 9.61. The summed E-state index contributed by atoms with van der Waals surface area (Å²) in [6.07, 6.45) is 5.25. The summed E-state index contributed by atoms with van der Waals surface area (Å²) in [7, 11) is 0. The number of carbonyl (C=O) groups is 1. The van der Waals surface area contributed by atoms with Gasteiger partial charge in [-0.25, -0.2) is 0 Å². The van der Waals surface area contributed by atoms with Crippen molar-refractivity contribution in [3.8, 4) is 0 Å². The van der Waals surface area contributed by atoms with E-state index in [0.717, 1.165) is 24.9 Å². The lowest BCUT2D eigenvalue weighted by Gasteiger charge is -2.21. The fourth-order valence-electron chi connectivity index (χ4n) is 2.53.